The maximum absolute atomic E-state index is 15.0. The van der Waals surface area contributed by atoms with E-state index >= 15 is 4.39 Å². The summed E-state index contributed by atoms with van der Waals surface area (Å²) in [6.45, 7) is 5.24. The normalized spacial score (nSPS) is 11.8. The van der Waals surface area contributed by atoms with Crippen molar-refractivity contribution in [3.8, 4) is 5.75 Å². The first-order valence-electron chi connectivity index (χ1n) is 11.1. The molecule has 3 rings (SSSR count). The molecule has 0 spiro atoms. The number of nitrogens with one attached hydrogen (secondary N) is 2. The molecule has 188 valence electrons. The molecule has 1 unspecified atom stereocenters. The lowest BCUT2D eigenvalue weighted by Gasteiger charge is -2.33. The van der Waals surface area contributed by atoms with Crippen molar-refractivity contribution in [3.05, 3.63) is 90.0 Å². The zero-order chi connectivity index (χ0) is 26.5. The molecule has 0 aliphatic rings. The van der Waals surface area contributed by atoms with E-state index in [0.29, 0.717) is 11.3 Å². The number of hydrogen-bond donors (Lipinski definition) is 2. The van der Waals surface area contributed by atoms with E-state index in [1.165, 1.54) is 43.5 Å². The van der Waals surface area contributed by atoms with Crippen LogP contribution in [0, 0.1) is 11.6 Å². The Labute approximate surface area is 208 Å². The molecular formula is C27H27F2N3O4. The Kier molecular flexibility index (Phi) is 8.03. The second kappa shape index (κ2) is 11.0. The van der Waals surface area contributed by atoms with E-state index < -0.39 is 40.9 Å². The fourth-order valence-corrected chi connectivity index (χ4v) is 3.50. The van der Waals surface area contributed by atoms with Gasteiger partial charge in [0, 0.05) is 5.54 Å². The van der Waals surface area contributed by atoms with Crippen LogP contribution < -0.4 is 20.3 Å². The van der Waals surface area contributed by atoms with Gasteiger partial charge in [-0.2, -0.15) is 0 Å². The van der Waals surface area contributed by atoms with E-state index in [1.54, 1.807) is 45.0 Å². The summed E-state index contributed by atoms with van der Waals surface area (Å²) in [5, 5.41) is 5.00. The highest BCUT2D eigenvalue weighted by atomic mass is 19.1. The quantitative estimate of drug-likeness (QED) is 0.490. The molecule has 0 aliphatic carbocycles. The van der Waals surface area contributed by atoms with Crippen LogP contribution in [-0.2, 0) is 14.4 Å². The van der Waals surface area contributed by atoms with Gasteiger partial charge >= 0.3 is 11.8 Å². The highest BCUT2D eigenvalue weighted by Crippen LogP contribution is 2.32. The number of anilines is 2. The summed E-state index contributed by atoms with van der Waals surface area (Å²) in [4.78, 5) is 40.8. The second-order valence-corrected chi connectivity index (χ2v) is 8.98. The number of rotatable bonds is 6. The van der Waals surface area contributed by atoms with E-state index in [0.717, 1.165) is 17.0 Å². The molecule has 0 heterocycles. The van der Waals surface area contributed by atoms with Crippen molar-refractivity contribution in [2.75, 3.05) is 17.3 Å². The van der Waals surface area contributed by atoms with E-state index in [1.807, 2.05) is 0 Å². The minimum absolute atomic E-state index is 0.232. The third-order valence-corrected chi connectivity index (χ3v) is 5.08. The summed E-state index contributed by atoms with van der Waals surface area (Å²) in [6, 6.07) is 15.4. The van der Waals surface area contributed by atoms with Gasteiger partial charge in [0.05, 0.1) is 18.5 Å². The number of carbonyl (C=O) groups excluding carboxylic acids is 3. The molecule has 0 saturated heterocycles. The molecule has 0 bridgehead atoms. The van der Waals surface area contributed by atoms with Gasteiger partial charge in [-0.05, 0) is 62.7 Å². The molecule has 0 radical (unpaired) electrons. The zero-order valence-corrected chi connectivity index (χ0v) is 20.3. The van der Waals surface area contributed by atoms with Gasteiger partial charge in [0.1, 0.15) is 23.4 Å². The number of carbonyl (C=O) groups is 3. The van der Waals surface area contributed by atoms with E-state index in [-0.39, 0.29) is 11.4 Å². The summed E-state index contributed by atoms with van der Waals surface area (Å²) in [6.07, 6.45) is 0. The maximum atomic E-state index is 15.0. The predicted octanol–water partition coefficient (Wildman–Crippen LogP) is 4.60. The fourth-order valence-electron chi connectivity index (χ4n) is 3.50. The molecular weight excluding hydrogens is 468 g/mol. The van der Waals surface area contributed by atoms with E-state index in [4.69, 9.17) is 4.74 Å². The van der Waals surface area contributed by atoms with Gasteiger partial charge in [-0.15, -0.1) is 0 Å². The first-order chi connectivity index (χ1) is 17.0. The first-order valence-corrected chi connectivity index (χ1v) is 11.1. The van der Waals surface area contributed by atoms with E-state index in [9.17, 15) is 18.8 Å². The lowest BCUT2D eigenvalue weighted by molar-refractivity contribution is -0.136. The highest BCUT2D eigenvalue weighted by Gasteiger charge is 2.38. The van der Waals surface area contributed by atoms with Crippen molar-refractivity contribution in [1.82, 2.24) is 5.32 Å². The van der Waals surface area contributed by atoms with Crippen LogP contribution in [0.4, 0.5) is 20.2 Å². The summed E-state index contributed by atoms with van der Waals surface area (Å²) >= 11 is 0. The van der Waals surface area contributed by atoms with Crippen LogP contribution in [0.3, 0.4) is 0 Å². The Morgan fingerprint density at radius 1 is 0.861 bits per heavy atom. The molecule has 9 heteroatoms. The average molecular weight is 496 g/mol. The van der Waals surface area contributed by atoms with Crippen molar-refractivity contribution in [2.24, 2.45) is 0 Å². The first kappa shape index (κ1) is 26.3. The van der Waals surface area contributed by atoms with Crippen LogP contribution >= 0.6 is 0 Å². The molecule has 36 heavy (non-hydrogen) atoms. The number of amides is 3. The van der Waals surface area contributed by atoms with Gasteiger partial charge in [-0.3, -0.25) is 19.3 Å². The van der Waals surface area contributed by atoms with Gasteiger partial charge in [0.2, 0.25) is 5.91 Å². The smallest absolute Gasteiger partial charge is 0.317 e. The number of hydrogen-bond acceptors (Lipinski definition) is 4. The molecule has 1 atom stereocenters. The predicted molar refractivity (Wildman–Crippen MR) is 133 cm³/mol. The van der Waals surface area contributed by atoms with Gasteiger partial charge in [0.15, 0.2) is 0 Å². The molecule has 3 aromatic rings. The summed E-state index contributed by atoms with van der Waals surface area (Å²) < 4.78 is 34.3. The number of halogens is 2. The number of benzene rings is 3. The van der Waals surface area contributed by atoms with Gasteiger partial charge in [-0.25, -0.2) is 8.78 Å². The Morgan fingerprint density at radius 3 is 2.00 bits per heavy atom. The van der Waals surface area contributed by atoms with Crippen molar-refractivity contribution in [1.29, 1.82) is 0 Å². The van der Waals surface area contributed by atoms with Crippen molar-refractivity contribution >= 4 is 29.1 Å². The van der Waals surface area contributed by atoms with Gasteiger partial charge in [-0.1, -0.05) is 36.4 Å². The van der Waals surface area contributed by atoms with Crippen LogP contribution in [0.5, 0.6) is 5.75 Å². The Balaban J connectivity index is 2.14. The Morgan fingerprint density at radius 2 is 1.44 bits per heavy atom. The molecule has 0 saturated carbocycles. The maximum Gasteiger partial charge on any atom is 0.317 e. The minimum atomic E-state index is -1.44. The van der Waals surface area contributed by atoms with Crippen LogP contribution in [0.2, 0.25) is 0 Å². The largest absolute Gasteiger partial charge is 0.497 e. The third kappa shape index (κ3) is 6.24. The molecule has 7 nitrogen and oxygen atoms in total. The molecule has 3 aromatic carbocycles. The minimum Gasteiger partial charge on any atom is -0.497 e. The zero-order valence-electron chi connectivity index (χ0n) is 20.3. The van der Waals surface area contributed by atoms with Crippen molar-refractivity contribution < 1.29 is 27.9 Å². The summed E-state index contributed by atoms with van der Waals surface area (Å²) in [7, 11) is 1.47. The van der Waals surface area contributed by atoms with Crippen LogP contribution in [0.1, 0.15) is 32.4 Å². The average Bonchev–Trinajstić information content (AvgIpc) is 2.83. The van der Waals surface area contributed by atoms with Crippen LogP contribution in [0.25, 0.3) is 0 Å². The van der Waals surface area contributed by atoms with Crippen molar-refractivity contribution in [3.63, 3.8) is 0 Å². The second-order valence-electron chi connectivity index (χ2n) is 8.98. The Hall–Kier alpha value is -4.27. The van der Waals surface area contributed by atoms with Crippen LogP contribution in [-0.4, -0.2) is 30.4 Å². The molecule has 0 aliphatic heterocycles. The molecule has 0 fully saturated rings. The number of nitrogens with zero attached hydrogens (tertiary/aromatic N) is 1. The van der Waals surface area contributed by atoms with Gasteiger partial charge in [0.25, 0.3) is 0 Å². The topological polar surface area (TPSA) is 87.7 Å². The molecule has 0 aromatic heterocycles. The fraction of sp³-hybridized carbons (Fsp3) is 0.222. The lowest BCUT2D eigenvalue weighted by atomic mass is 10.0. The molecule has 2 N–H and O–H groups in total. The number of methoxy groups -OCH3 is 1. The highest BCUT2D eigenvalue weighted by molar-refractivity contribution is 6.45. The van der Waals surface area contributed by atoms with Gasteiger partial charge < -0.3 is 15.4 Å². The standard InChI is InChI=1S/C27H27F2N3O4/c1-27(2,3)31-24(33)23(17-13-15-18(36-4)16-14-17)32(22-12-8-6-10-20(22)29)26(35)25(34)30-21-11-7-5-9-19(21)28/h5-16,23H,1-4H3,(H,30,34)(H,31,33). The van der Waals surface area contributed by atoms with E-state index in [2.05, 4.69) is 10.6 Å². The van der Waals surface area contributed by atoms with Crippen LogP contribution in [0.15, 0.2) is 72.8 Å². The Bertz CT molecular complexity index is 1260. The number of ether oxygens (including phenoxy) is 1. The molecule has 3 amide bonds. The SMILES string of the molecule is COc1ccc(C(C(=O)NC(C)(C)C)N(C(=O)C(=O)Nc2ccccc2F)c2ccccc2F)cc1. The summed E-state index contributed by atoms with van der Waals surface area (Å²) in [5.41, 5.74) is -0.936. The number of para-hydroxylation sites is 2. The summed E-state index contributed by atoms with van der Waals surface area (Å²) in [5.74, 6) is -4.24. The lowest BCUT2D eigenvalue weighted by Crippen LogP contribution is -2.51. The van der Waals surface area contributed by atoms with Crippen molar-refractivity contribution in [2.45, 2.75) is 32.4 Å². The third-order valence-electron chi connectivity index (χ3n) is 5.08. The monoisotopic (exact) mass is 495 g/mol.